The van der Waals surface area contributed by atoms with Crippen molar-refractivity contribution in [2.45, 2.75) is 13.5 Å². The number of aromatic nitrogens is 3. The zero-order valence-corrected chi connectivity index (χ0v) is 24.6. The first-order chi connectivity index (χ1) is 21.3. The second-order valence-corrected chi connectivity index (χ2v) is 11.0. The number of hydrogen-bond acceptors (Lipinski definition) is 7. The quantitative estimate of drug-likeness (QED) is 0.353. The van der Waals surface area contributed by atoms with Crippen molar-refractivity contribution in [2.75, 3.05) is 64.7 Å². The third-order valence-corrected chi connectivity index (χ3v) is 8.13. The number of anilines is 2. The zero-order chi connectivity index (χ0) is 30.8. The molecule has 0 atom stereocenters. The summed E-state index contributed by atoms with van der Waals surface area (Å²) < 4.78 is 31.3. The molecule has 0 bridgehead atoms. The number of nitrogens with zero attached hydrogens (tertiary/aromatic N) is 7. The lowest BCUT2D eigenvalue weighted by Gasteiger charge is -2.40. The summed E-state index contributed by atoms with van der Waals surface area (Å²) in [4.78, 5) is 43.1. The fourth-order valence-electron chi connectivity index (χ4n) is 5.62. The monoisotopic (exact) mass is 604 g/mol. The molecule has 2 aromatic carbocycles. The van der Waals surface area contributed by atoms with Gasteiger partial charge in [-0.1, -0.05) is 0 Å². The predicted octanol–water partition coefficient (Wildman–Crippen LogP) is 4.17. The highest BCUT2D eigenvalue weighted by atomic mass is 19.3. The summed E-state index contributed by atoms with van der Waals surface area (Å²) in [6.45, 7) is 4.25. The number of alkyl halides is 2. The van der Waals surface area contributed by atoms with E-state index in [1.54, 1.807) is 30.7 Å². The number of piperazine rings is 2. The maximum absolute atomic E-state index is 13.4. The molecule has 2 aromatic heterocycles. The first-order valence-corrected chi connectivity index (χ1v) is 14.5. The number of aryl methyl sites for hydroxylation is 1. The maximum Gasteiger partial charge on any atom is 0.387 e. The molecule has 2 fully saturated rings. The summed E-state index contributed by atoms with van der Waals surface area (Å²) in [7, 11) is 2.06. The average Bonchev–Trinajstić information content (AvgIpc) is 3.46. The molecule has 0 saturated carbocycles. The first kappa shape index (κ1) is 29.3. The molecule has 4 heterocycles. The average molecular weight is 605 g/mol. The standard InChI is InChI=1S/C31H34F2N8O3/c1-21-19-23(5-8-25(21)29(42)38-15-17-40(18-16-38)31(43)39-13-11-37(2)12-14-39)36-27-28-35-20-26(41(28)10-9-34-27)22-3-6-24(7-4-22)44-30(32)33/h3-10,19-20,30H,11-18H2,1-2H3,(H,34,36). The van der Waals surface area contributed by atoms with Gasteiger partial charge in [0.1, 0.15) is 5.75 Å². The van der Waals surface area contributed by atoms with E-state index in [0.29, 0.717) is 43.2 Å². The Labute approximate surface area is 253 Å². The van der Waals surface area contributed by atoms with Crippen LogP contribution in [-0.2, 0) is 0 Å². The third kappa shape index (κ3) is 6.13. The van der Waals surface area contributed by atoms with E-state index in [0.717, 1.165) is 48.7 Å². The van der Waals surface area contributed by atoms with Crippen molar-refractivity contribution in [3.05, 3.63) is 72.2 Å². The molecule has 0 unspecified atom stereocenters. The molecule has 230 valence electrons. The molecule has 1 N–H and O–H groups in total. The van der Waals surface area contributed by atoms with Crippen LogP contribution in [0.25, 0.3) is 16.9 Å². The van der Waals surface area contributed by atoms with Gasteiger partial charge in [0.05, 0.1) is 11.9 Å². The topological polar surface area (TPSA) is 98.5 Å². The molecule has 6 rings (SSSR count). The van der Waals surface area contributed by atoms with Crippen molar-refractivity contribution >= 4 is 29.1 Å². The van der Waals surface area contributed by atoms with Crippen molar-refractivity contribution in [3.63, 3.8) is 0 Å². The number of amides is 3. The van der Waals surface area contributed by atoms with Gasteiger partial charge in [0, 0.05) is 81.6 Å². The molecule has 3 amide bonds. The van der Waals surface area contributed by atoms with Crippen LogP contribution >= 0.6 is 0 Å². The summed E-state index contributed by atoms with van der Waals surface area (Å²) in [5.41, 5.74) is 4.30. The molecule has 0 spiro atoms. The lowest BCUT2D eigenvalue weighted by Crippen LogP contribution is -2.57. The smallest absolute Gasteiger partial charge is 0.387 e. The van der Waals surface area contributed by atoms with Crippen molar-refractivity contribution < 1.29 is 23.1 Å². The van der Waals surface area contributed by atoms with Crippen LogP contribution in [0.1, 0.15) is 15.9 Å². The van der Waals surface area contributed by atoms with Crippen LogP contribution in [-0.4, -0.2) is 112 Å². The van der Waals surface area contributed by atoms with Crippen molar-refractivity contribution in [1.29, 1.82) is 0 Å². The van der Waals surface area contributed by atoms with Gasteiger partial charge in [-0.2, -0.15) is 8.78 Å². The number of likely N-dealkylation sites (N-methyl/N-ethyl adjacent to an activating group) is 1. The number of carbonyl (C=O) groups excluding carboxylic acids is 2. The molecule has 13 heteroatoms. The van der Waals surface area contributed by atoms with Gasteiger partial charge >= 0.3 is 12.6 Å². The van der Waals surface area contributed by atoms with Crippen molar-refractivity contribution in [2.24, 2.45) is 0 Å². The number of urea groups is 1. The van der Waals surface area contributed by atoms with E-state index in [4.69, 9.17) is 0 Å². The van der Waals surface area contributed by atoms with Gasteiger partial charge in [-0.05, 0) is 62.0 Å². The molecule has 0 radical (unpaired) electrons. The maximum atomic E-state index is 13.4. The summed E-state index contributed by atoms with van der Waals surface area (Å²) in [6.07, 6.45) is 5.11. The molecule has 2 aliphatic heterocycles. The van der Waals surface area contributed by atoms with Crippen LogP contribution in [0.15, 0.2) is 61.1 Å². The summed E-state index contributed by atoms with van der Waals surface area (Å²) >= 11 is 0. The summed E-state index contributed by atoms with van der Waals surface area (Å²) in [5.74, 6) is 0.553. The fourth-order valence-corrected chi connectivity index (χ4v) is 5.62. The summed E-state index contributed by atoms with van der Waals surface area (Å²) in [5, 5.41) is 3.31. The first-order valence-electron chi connectivity index (χ1n) is 14.5. The van der Waals surface area contributed by atoms with Crippen LogP contribution in [0.3, 0.4) is 0 Å². The highest BCUT2D eigenvalue weighted by Crippen LogP contribution is 2.28. The van der Waals surface area contributed by atoms with Crippen LogP contribution in [0, 0.1) is 6.92 Å². The normalized spacial score (nSPS) is 16.1. The number of rotatable bonds is 6. The number of nitrogens with one attached hydrogen (secondary N) is 1. The Balaban J connectivity index is 1.10. The Morgan fingerprint density at radius 2 is 1.55 bits per heavy atom. The molecule has 0 aliphatic carbocycles. The Kier molecular flexibility index (Phi) is 8.29. The Hall–Kier alpha value is -4.78. The fraction of sp³-hybridized carbons (Fsp3) is 0.355. The van der Waals surface area contributed by atoms with E-state index in [-0.39, 0.29) is 17.7 Å². The Bertz CT molecular complexity index is 1650. The van der Waals surface area contributed by atoms with Gasteiger partial charge in [0.15, 0.2) is 11.5 Å². The molecular formula is C31H34F2N8O3. The minimum atomic E-state index is -2.88. The molecule has 11 nitrogen and oxygen atoms in total. The summed E-state index contributed by atoms with van der Waals surface area (Å²) in [6, 6.07) is 12.0. The number of benzene rings is 2. The second-order valence-electron chi connectivity index (χ2n) is 11.0. The molecule has 2 aliphatic rings. The highest BCUT2D eigenvalue weighted by molar-refractivity contribution is 5.96. The molecular weight excluding hydrogens is 570 g/mol. The molecule has 4 aromatic rings. The third-order valence-electron chi connectivity index (χ3n) is 8.13. The number of ether oxygens (including phenoxy) is 1. The van der Waals surface area contributed by atoms with E-state index in [2.05, 4.69) is 32.0 Å². The van der Waals surface area contributed by atoms with Gasteiger partial charge in [-0.3, -0.25) is 9.20 Å². The van der Waals surface area contributed by atoms with Gasteiger partial charge in [0.25, 0.3) is 5.91 Å². The minimum Gasteiger partial charge on any atom is -0.435 e. The molecule has 44 heavy (non-hydrogen) atoms. The van der Waals surface area contributed by atoms with Gasteiger partial charge in [-0.25, -0.2) is 14.8 Å². The van der Waals surface area contributed by atoms with Gasteiger partial charge < -0.3 is 29.7 Å². The molecule has 2 saturated heterocycles. The van der Waals surface area contributed by atoms with Crippen LogP contribution in [0.5, 0.6) is 5.75 Å². The number of fused-ring (bicyclic) bond motifs is 1. The minimum absolute atomic E-state index is 0.0520. The largest absolute Gasteiger partial charge is 0.435 e. The van der Waals surface area contributed by atoms with Crippen LogP contribution in [0.4, 0.5) is 25.1 Å². The van der Waals surface area contributed by atoms with E-state index in [1.807, 2.05) is 44.2 Å². The van der Waals surface area contributed by atoms with E-state index >= 15 is 0 Å². The second kappa shape index (κ2) is 12.4. The number of hydrogen-bond donors (Lipinski definition) is 1. The number of halogens is 2. The van der Waals surface area contributed by atoms with Crippen molar-refractivity contribution in [3.8, 4) is 17.0 Å². The lowest BCUT2D eigenvalue weighted by atomic mass is 10.1. The zero-order valence-electron chi connectivity index (χ0n) is 24.6. The van der Waals surface area contributed by atoms with Gasteiger partial charge in [-0.15, -0.1) is 0 Å². The van der Waals surface area contributed by atoms with E-state index < -0.39 is 6.61 Å². The Morgan fingerprint density at radius 3 is 2.20 bits per heavy atom. The van der Waals surface area contributed by atoms with Crippen LogP contribution in [0.2, 0.25) is 0 Å². The van der Waals surface area contributed by atoms with Crippen LogP contribution < -0.4 is 10.1 Å². The lowest BCUT2D eigenvalue weighted by molar-refractivity contribution is -0.0498. The van der Waals surface area contributed by atoms with E-state index in [9.17, 15) is 18.4 Å². The predicted molar refractivity (Wildman–Crippen MR) is 161 cm³/mol. The van der Waals surface area contributed by atoms with E-state index in [1.165, 1.54) is 12.1 Å². The number of imidazole rings is 1. The Morgan fingerprint density at radius 1 is 0.886 bits per heavy atom. The highest BCUT2D eigenvalue weighted by Gasteiger charge is 2.29. The number of carbonyl (C=O) groups is 2. The van der Waals surface area contributed by atoms with Gasteiger partial charge in [0.2, 0.25) is 0 Å². The van der Waals surface area contributed by atoms with Crippen molar-refractivity contribution in [1.82, 2.24) is 34.0 Å². The SMILES string of the molecule is Cc1cc(Nc2nccn3c(-c4ccc(OC(F)F)cc4)cnc23)ccc1C(=O)N1CCN(C(=O)N2CCN(C)CC2)CC1.